The normalized spacial score (nSPS) is 14.9. The minimum absolute atomic E-state index is 0.134. The zero-order valence-corrected chi connectivity index (χ0v) is 13.8. The predicted octanol–water partition coefficient (Wildman–Crippen LogP) is 3.63. The van der Waals surface area contributed by atoms with Crippen LogP contribution in [0.25, 0.3) is 0 Å². The molecule has 2 N–H and O–H groups in total. The molecule has 0 aliphatic carbocycles. The van der Waals surface area contributed by atoms with Crippen LogP contribution in [0.3, 0.4) is 0 Å². The van der Waals surface area contributed by atoms with E-state index in [1.54, 1.807) is 0 Å². The quantitative estimate of drug-likeness (QED) is 0.891. The summed E-state index contributed by atoms with van der Waals surface area (Å²) in [6.07, 6.45) is -1.40. The van der Waals surface area contributed by atoms with Gasteiger partial charge in [0.25, 0.3) is 0 Å². The fraction of sp³-hybridized carbons (Fsp3) is 0.562. The zero-order valence-electron chi connectivity index (χ0n) is 13.0. The van der Waals surface area contributed by atoms with Gasteiger partial charge in [-0.3, -0.25) is 0 Å². The molecule has 2 atom stereocenters. The van der Waals surface area contributed by atoms with Crippen molar-refractivity contribution in [2.45, 2.75) is 57.6 Å². The highest BCUT2D eigenvalue weighted by atomic mass is 32.2. The average Bonchev–Trinajstić information content (AvgIpc) is 2.23. The van der Waals surface area contributed by atoms with Gasteiger partial charge in [0.15, 0.2) is 6.10 Å². The van der Waals surface area contributed by atoms with Gasteiger partial charge in [0, 0.05) is 4.75 Å². The standard InChI is InChI=1S/C16H24O3S/c1-9-7-10(2)12(11(3)8-9)14(13(17)15(18)19)20-16(4,5)6/h7-8,13-14,17H,1-6H3,(H,18,19)/t13-,14+/m0/s1. The summed E-state index contributed by atoms with van der Waals surface area (Å²) in [6.45, 7) is 12.0. The molecule has 4 heteroatoms. The van der Waals surface area contributed by atoms with Crippen molar-refractivity contribution in [2.24, 2.45) is 0 Å². The van der Waals surface area contributed by atoms with Gasteiger partial charge in [-0.25, -0.2) is 4.79 Å². The molecule has 1 rings (SSSR count). The van der Waals surface area contributed by atoms with E-state index in [2.05, 4.69) is 0 Å². The summed E-state index contributed by atoms with van der Waals surface area (Å²) in [6, 6.07) is 4.07. The monoisotopic (exact) mass is 296 g/mol. The molecule has 1 aromatic rings. The highest BCUT2D eigenvalue weighted by Gasteiger charge is 2.33. The Morgan fingerprint density at radius 1 is 1.15 bits per heavy atom. The molecule has 0 bridgehead atoms. The molecule has 20 heavy (non-hydrogen) atoms. The first-order valence-corrected chi connectivity index (χ1v) is 7.57. The number of hydrogen-bond donors (Lipinski definition) is 2. The van der Waals surface area contributed by atoms with E-state index in [1.807, 2.05) is 53.7 Å². The number of aliphatic hydroxyl groups excluding tert-OH is 1. The average molecular weight is 296 g/mol. The molecule has 0 heterocycles. The predicted molar refractivity (Wildman–Crippen MR) is 84.4 cm³/mol. The van der Waals surface area contributed by atoms with Crippen molar-refractivity contribution in [3.63, 3.8) is 0 Å². The number of rotatable bonds is 4. The van der Waals surface area contributed by atoms with Crippen LogP contribution in [-0.4, -0.2) is 27.0 Å². The van der Waals surface area contributed by atoms with Gasteiger partial charge in [0.05, 0.1) is 5.25 Å². The smallest absolute Gasteiger partial charge is 0.334 e. The van der Waals surface area contributed by atoms with Crippen LogP contribution in [0, 0.1) is 20.8 Å². The Bertz CT molecular complexity index is 480. The number of hydrogen-bond acceptors (Lipinski definition) is 3. The summed E-state index contributed by atoms with van der Waals surface area (Å²) in [7, 11) is 0. The van der Waals surface area contributed by atoms with Crippen LogP contribution in [0.5, 0.6) is 0 Å². The van der Waals surface area contributed by atoms with E-state index >= 15 is 0 Å². The molecule has 3 nitrogen and oxygen atoms in total. The summed E-state index contributed by atoms with van der Waals surface area (Å²) in [4.78, 5) is 11.2. The topological polar surface area (TPSA) is 57.5 Å². The summed E-state index contributed by atoms with van der Waals surface area (Å²) in [5.41, 5.74) is 4.15. The lowest BCUT2D eigenvalue weighted by molar-refractivity contribution is -0.146. The maximum Gasteiger partial charge on any atom is 0.334 e. The van der Waals surface area contributed by atoms with Gasteiger partial charge >= 0.3 is 5.97 Å². The number of aliphatic carboxylic acids is 1. The number of carboxylic acid groups (broad SMARTS) is 1. The fourth-order valence-corrected chi connectivity index (χ4v) is 3.93. The molecule has 0 unspecified atom stereocenters. The first-order valence-electron chi connectivity index (χ1n) is 6.69. The lowest BCUT2D eigenvalue weighted by atomic mass is 9.95. The Hall–Kier alpha value is -1.00. The van der Waals surface area contributed by atoms with E-state index in [-0.39, 0.29) is 4.75 Å². The van der Waals surface area contributed by atoms with E-state index in [0.29, 0.717) is 0 Å². The number of thioether (sulfide) groups is 1. The van der Waals surface area contributed by atoms with E-state index in [4.69, 9.17) is 0 Å². The Morgan fingerprint density at radius 2 is 1.60 bits per heavy atom. The second kappa shape index (κ2) is 6.19. The van der Waals surface area contributed by atoms with Crippen LogP contribution >= 0.6 is 11.8 Å². The van der Waals surface area contributed by atoms with Crippen molar-refractivity contribution < 1.29 is 15.0 Å². The van der Waals surface area contributed by atoms with E-state index < -0.39 is 17.3 Å². The van der Waals surface area contributed by atoms with Crippen LogP contribution in [0.4, 0.5) is 0 Å². The molecule has 0 amide bonds. The van der Waals surface area contributed by atoms with Gasteiger partial charge in [-0.1, -0.05) is 38.5 Å². The Kier molecular flexibility index (Phi) is 5.27. The Labute approximate surface area is 125 Å². The van der Waals surface area contributed by atoms with Crippen molar-refractivity contribution in [3.05, 3.63) is 34.4 Å². The third kappa shape index (κ3) is 4.25. The van der Waals surface area contributed by atoms with E-state index in [1.165, 1.54) is 11.8 Å². The van der Waals surface area contributed by atoms with E-state index in [0.717, 1.165) is 22.3 Å². The summed E-state index contributed by atoms with van der Waals surface area (Å²) in [5, 5.41) is 18.8. The Morgan fingerprint density at radius 3 is 1.95 bits per heavy atom. The maximum absolute atomic E-state index is 11.2. The van der Waals surface area contributed by atoms with Crippen molar-refractivity contribution >= 4 is 17.7 Å². The van der Waals surface area contributed by atoms with Gasteiger partial charge in [-0.15, -0.1) is 11.8 Å². The van der Waals surface area contributed by atoms with Crippen LogP contribution in [0.1, 0.15) is 48.3 Å². The van der Waals surface area contributed by atoms with Gasteiger partial charge in [-0.05, 0) is 37.5 Å². The number of benzene rings is 1. The highest BCUT2D eigenvalue weighted by molar-refractivity contribution is 8.00. The SMILES string of the molecule is Cc1cc(C)c([C@@H](SC(C)(C)C)[C@H](O)C(=O)O)c(C)c1. The lowest BCUT2D eigenvalue weighted by Crippen LogP contribution is -2.29. The second-order valence-corrected chi connectivity index (χ2v) is 8.21. The summed E-state index contributed by atoms with van der Waals surface area (Å²) < 4.78 is -0.134. The number of aryl methyl sites for hydroxylation is 3. The van der Waals surface area contributed by atoms with Crippen molar-refractivity contribution in [3.8, 4) is 0 Å². The van der Waals surface area contributed by atoms with Gasteiger partial charge < -0.3 is 10.2 Å². The van der Waals surface area contributed by atoms with Crippen molar-refractivity contribution in [2.75, 3.05) is 0 Å². The number of carbonyl (C=O) groups is 1. The molecule has 0 saturated carbocycles. The maximum atomic E-state index is 11.2. The summed E-state index contributed by atoms with van der Waals surface area (Å²) in [5.74, 6) is -1.17. The van der Waals surface area contributed by atoms with Crippen molar-refractivity contribution in [1.29, 1.82) is 0 Å². The van der Waals surface area contributed by atoms with Crippen LogP contribution in [-0.2, 0) is 4.79 Å². The van der Waals surface area contributed by atoms with Crippen LogP contribution < -0.4 is 0 Å². The molecule has 0 radical (unpaired) electrons. The second-order valence-electron chi connectivity index (χ2n) is 6.25. The van der Waals surface area contributed by atoms with Crippen LogP contribution in [0.15, 0.2) is 12.1 Å². The highest BCUT2D eigenvalue weighted by Crippen LogP contribution is 2.43. The summed E-state index contributed by atoms with van der Waals surface area (Å²) >= 11 is 1.49. The van der Waals surface area contributed by atoms with Gasteiger partial charge in [-0.2, -0.15) is 0 Å². The molecular formula is C16H24O3S. The molecule has 0 saturated heterocycles. The third-order valence-corrected chi connectivity index (χ3v) is 4.50. The molecule has 0 aliphatic rings. The molecule has 0 aromatic heterocycles. The Balaban J connectivity index is 3.34. The largest absolute Gasteiger partial charge is 0.479 e. The van der Waals surface area contributed by atoms with Gasteiger partial charge in [0.2, 0.25) is 0 Å². The number of carboxylic acids is 1. The minimum Gasteiger partial charge on any atom is -0.479 e. The zero-order chi connectivity index (χ0) is 15.7. The third-order valence-electron chi connectivity index (χ3n) is 3.04. The van der Waals surface area contributed by atoms with E-state index in [9.17, 15) is 15.0 Å². The van der Waals surface area contributed by atoms with Crippen LogP contribution in [0.2, 0.25) is 0 Å². The molecule has 1 aromatic carbocycles. The number of aliphatic hydroxyl groups is 1. The molecule has 0 fully saturated rings. The molecule has 0 aliphatic heterocycles. The minimum atomic E-state index is -1.40. The molecule has 112 valence electrons. The molecule has 0 spiro atoms. The van der Waals surface area contributed by atoms with Crippen molar-refractivity contribution in [1.82, 2.24) is 0 Å². The molecular weight excluding hydrogens is 272 g/mol. The first-order chi connectivity index (χ1) is 9.03. The van der Waals surface area contributed by atoms with Gasteiger partial charge in [0.1, 0.15) is 0 Å². The lowest BCUT2D eigenvalue weighted by Gasteiger charge is -2.30. The fourth-order valence-electron chi connectivity index (χ4n) is 2.43. The first kappa shape index (κ1) is 17.1.